The van der Waals surface area contributed by atoms with E-state index in [2.05, 4.69) is 5.32 Å². The normalized spacial score (nSPS) is 18.2. The number of nitrogens with zero attached hydrogens (tertiary/aromatic N) is 2. The SMILES string of the molecule is CC(C)(C)OC(=O)N1CCC[C@H](Nc2ccc(C#N)c(C(F)(F)F)c2)C1. The van der Waals surface area contributed by atoms with Crippen LogP contribution < -0.4 is 5.32 Å². The molecular weight excluding hydrogens is 347 g/mol. The average Bonchev–Trinajstić information content (AvgIpc) is 2.52. The zero-order valence-corrected chi connectivity index (χ0v) is 15.0. The lowest BCUT2D eigenvalue weighted by Crippen LogP contribution is -2.47. The highest BCUT2D eigenvalue weighted by Crippen LogP contribution is 2.34. The Bertz CT molecular complexity index is 705. The van der Waals surface area contributed by atoms with Gasteiger partial charge < -0.3 is 15.0 Å². The van der Waals surface area contributed by atoms with Crippen LogP contribution in [0.25, 0.3) is 0 Å². The highest BCUT2D eigenvalue weighted by atomic mass is 19.4. The fourth-order valence-electron chi connectivity index (χ4n) is 2.79. The molecule has 0 radical (unpaired) electrons. The van der Waals surface area contributed by atoms with Crippen LogP contribution in [-0.2, 0) is 10.9 Å². The molecule has 1 fully saturated rings. The van der Waals surface area contributed by atoms with E-state index in [4.69, 9.17) is 10.00 Å². The molecule has 0 unspecified atom stereocenters. The molecule has 26 heavy (non-hydrogen) atoms. The Morgan fingerprint density at radius 2 is 2.04 bits per heavy atom. The molecule has 1 aliphatic heterocycles. The first-order chi connectivity index (χ1) is 12.0. The molecule has 5 nitrogen and oxygen atoms in total. The van der Waals surface area contributed by atoms with Gasteiger partial charge >= 0.3 is 12.3 Å². The molecular formula is C18H22F3N3O2. The van der Waals surface area contributed by atoms with E-state index in [9.17, 15) is 18.0 Å². The zero-order valence-electron chi connectivity index (χ0n) is 15.0. The number of hydrogen-bond acceptors (Lipinski definition) is 4. The van der Waals surface area contributed by atoms with Crippen molar-refractivity contribution in [3.05, 3.63) is 29.3 Å². The van der Waals surface area contributed by atoms with Gasteiger partial charge in [-0.15, -0.1) is 0 Å². The molecule has 0 bridgehead atoms. The Kier molecular flexibility index (Phi) is 5.69. The lowest BCUT2D eigenvalue weighted by atomic mass is 10.0. The summed E-state index contributed by atoms with van der Waals surface area (Å²) in [6.45, 7) is 6.23. The first-order valence-electron chi connectivity index (χ1n) is 8.35. The maximum atomic E-state index is 13.1. The van der Waals surface area contributed by atoms with Crippen molar-refractivity contribution in [1.29, 1.82) is 5.26 Å². The summed E-state index contributed by atoms with van der Waals surface area (Å²) in [4.78, 5) is 13.7. The lowest BCUT2D eigenvalue weighted by molar-refractivity contribution is -0.137. The van der Waals surface area contributed by atoms with Gasteiger partial charge in [0.25, 0.3) is 0 Å². The number of rotatable bonds is 2. The Hall–Kier alpha value is -2.43. The number of carbonyl (C=O) groups is 1. The minimum Gasteiger partial charge on any atom is -0.444 e. The van der Waals surface area contributed by atoms with Gasteiger partial charge in [-0.3, -0.25) is 0 Å². The number of benzene rings is 1. The van der Waals surface area contributed by atoms with Crippen molar-refractivity contribution in [1.82, 2.24) is 4.90 Å². The zero-order chi connectivity index (χ0) is 19.5. The minimum atomic E-state index is -4.60. The molecule has 1 aromatic rings. The van der Waals surface area contributed by atoms with Crippen molar-refractivity contribution < 1.29 is 22.7 Å². The molecule has 8 heteroatoms. The Balaban J connectivity index is 2.09. The smallest absolute Gasteiger partial charge is 0.417 e. The Labute approximate surface area is 150 Å². The summed E-state index contributed by atoms with van der Waals surface area (Å²) in [5, 5.41) is 11.9. The summed E-state index contributed by atoms with van der Waals surface area (Å²) >= 11 is 0. The van der Waals surface area contributed by atoms with Crippen LogP contribution in [0.4, 0.5) is 23.7 Å². The van der Waals surface area contributed by atoms with Crippen LogP contribution in [0.3, 0.4) is 0 Å². The van der Waals surface area contributed by atoms with Crippen LogP contribution in [0.5, 0.6) is 0 Å². The lowest BCUT2D eigenvalue weighted by Gasteiger charge is -2.35. The number of ether oxygens (including phenoxy) is 1. The number of likely N-dealkylation sites (tertiary alicyclic amines) is 1. The number of piperidine rings is 1. The standard InChI is InChI=1S/C18H22F3N3O2/c1-17(2,3)26-16(25)24-8-4-5-14(11-24)23-13-7-6-12(10-22)15(9-13)18(19,20)21/h6-7,9,14,23H,4-5,8,11H2,1-3H3/t14-/m0/s1. The van der Waals surface area contributed by atoms with E-state index < -0.39 is 29.0 Å². The number of amides is 1. The quantitative estimate of drug-likeness (QED) is 0.840. The van der Waals surface area contributed by atoms with E-state index in [1.54, 1.807) is 31.7 Å². The van der Waals surface area contributed by atoms with Crippen LogP contribution in [0.15, 0.2) is 18.2 Å². The molecule has 1 N–H and O–H groups in total. The van der Waals surface area contributed by atoms with Gasteiger partial charge in [-0.1, -0.05) is 0 Å². The van der Waals surface area contributed by atoms with Crippen LogP contribution in [0.1, 0.15) is 44.7 Å². The number of halogens is 3. The number of carbonyl (C=O) groups excluding carboxylic acids is 1. The molecule has 1 heterocycles. The van der Waals surface area contributed by atoms with Crippen LogP contribution >= 0.6 is 0 Å². The summed E-state index contributed by atoms with van der Waals surface area (Å²) in [6.07, 6.45) is -3.59. The first-order valence-corrected chi connectivity index (χ1v) is 8.35. The van der Waals surface area contributed by atoms with Crippen molar-refractivity contribution >= 4 is 11.8 Å². The third-order valence-corrected chi connectivity index (χ3v) is 3.89. The monoisotopic (exact) mass is 369 g/mol. The third-order valence-electron chi connectivity index (χ3n) is 3.89. The van der Waals surface area contributed by atoms with Crippen molar-refractivity contribution in [3.8, 4) is 6.07 Å². The van der Waals surface area contributed by atoms with Crippen molar-refractivity contribution in [2.75, 3.05) is 18.4 Å². The molecule has 142 valence electrons. The average molecular weight is 369 g/mol. The molecule has 1 amide bonds. The number of nitriles is 1. The topological polar surface area (TPSA) is 65.4 Å². The number of alkyl halides is 3. The summed E-state index contributed by atoms with van der Waals surface area (Å²) < 4.78 is 44.6. The van der Waals surface area contributed by atoms with Gasteiger partial charge in [0.05, 0.1) is 17.2 Å². The van der Waals surface area contributed by atoms with E-state index >= 15 is 0 Å². The third kappa shape index (κ3) is 5.28. The van der Waals surface area contributed by atoms with Crippen molar-refractivity contribution in [2.24, 2.45) is 0 Å². The van der Waals surface area contributed by atoms with E-state index in [0.29, 0.717) is 13.1 Å². The van der Waals surface area contributed by atoms with Crippen molar-refractivity contribution in [2.45, 2.75) is 51.4 Å². The van der Waals surface area contributed by atoms with Gasteiger partial charge in [0.2, 0.25) is 0 Å². The molecule has 0 spiro atoms. The van der Waals surface area contributed by atoms with E-state index in [1.807, 2.05) is 0 Å². The maximum absolute atomic E-state index is 13.1. The van der Waals surface area contributed by atoms with Crippen LogP contribution in [0, 0.1) is 11.3 Å². The van der Waals surface area contributed by atoms with E-state index in [0.717, 1.165) is 25.0 Å². The summed E-state index contributed by atoms with van der Waals surface area (Å²) in [5.41, 5.74) is -1.72. The van der Waals surface area contributed by atoms with E-state index in [1.165, 1.54) is 6.07 Å². The summed E-state index contributed by atoms with van der Waals surface area (Å²) in [7, 11) is 0. The fraction of sp³-hybridized carbons (Fsp3) is 0.556. The van der Waals surface area contributed by atoms with Gasteiger partial charge in [-0.2, -0.15) is 18.4 Å². The highest BCUT2D eigenvalue weighted by molar-refractivity contribution is 5.68. The Morgan fingerprint density at radius 1 is 1.35 bits per heavy atom. The predicted octanol–water partition coefficient (Wildman–Crippen LogP) is 4.39. The number of anilines is 1. The highest BCUT2D eigenvalue weighted by Gasteiger charge is 2.34. The molecule has 2 rings (SSSR count). The molecule has 1 atom stereocenters. The van der Waals surface area contributed by atoms with E-state index in [-0.39, 0.29) is 11.7 Å². The largest absolute Gasteiger partial charge is 0.444 e. The second-order valence-corrected chi connectivity index (χ2v) is 7.28. The second-order valence-electron chi connectivity index (χ2n) is 7.28. The van der Waals surface area contributed by atoms with Gasteiger partial charge in [-0.25, -0.2) is 4.79 Å². The predicted molar refractivity (Wildman–Crippen MR) is 90.6 cm³/mol. The van der Waals surface area contributed by atoms with Crippen LogP contribution in [0.2, 0.25) is 0 Å². The second kappa shape index (κ2) is 7.44. The minimum absolute atomic E-state index is 0.190. The number of hydrogen-bond donors (Lipinski definition) is 1. The molecule has 0 aliphatic carbocycles. The van der Waals surface area contributed by atoms with Crippen LogP contribution in [-0.4, -0.2) is 35.7 Å². The van der Waals surface area contributed by atoms with Gasteiger partial charge in [0, 0.05) is 24.8 Å². The van der Waals surface area contributed by atoms with Gasteiger partial charge in [0.1, 0.15) is 5.60 Å². The first kappa shape index (κ1) is 19.9. The number of nitrogens with one attached hydrogen (secondary N) is 1. The Morgan fingerprint density at radius 3 is 2.62 bits per heavy atom. The summed E-state index contributed by atoms with van der Waals surface area (Å²) in [5.74, 6) is 0. The molecule has 0 saturated carbocycles. The van der Waals surface area contributed by atoms with Crippen molar-refractivity contribution in [3.63, 3.8) is 0 Å². The fourth-order valence-corrected chi connectivity index (χ4v) is 2.79. The summed E-state index contributed by atoms with van der Waals surface area (Å²) in [6, 6.07) is 4.90. The molecule has 1 aromatic carbocycles. The van der Waals surface area contributed by atoms with Gasteiger partial charge in [0.15, 0.2) is 0 Å². The maximum Gasteiger partial charge on any atom is 0.417 e. The molecule has 1 saturated heterocycles. The van der Waals surface area contributed by atoms with Gasteiger partial charge in [-0.05, 0) is 51.8 Å². The molecule has 0 aromatic heterocycles. The molecule has 1 aliphatic rings.